The highest BCUT2D eigenvalue weighted by Crippen LogP contribution is 2.35. The van der Waals surface area contributed by atoms with Crippen LogP contribution in [0.25, 0.3) is 0 Å². The molecule has 0 radical (unpaired) electrons. The number of hydrogen-bond acceptors (Lipinski definition) is 4. The van der Waals surface area contributed by atoms with Crippen molar-refractivity contribution in [2.75, 3.05) is 20.3 Å². The van der Waals surface area contributed by atoms with E-state index in [1.807, 2.05) is 12.1 Å². The monoisotopic (exact) mass is 316 g/mol. The summed E-state index contributed by atoms with van der Waals surface area (Å²) in [5, 5.41) is 9.68. The van der Waals surface area contributed by atoms with Crippen LogP contribution in [-0.4, -0.2) is 25.4 Å². The van der Waals surface area contributed by atoms with Crippen LogP contribution in [-0.2, 0) is 6.42 Å². The van der Waals surface area contributed by atoms with E-state index >= 15 is 0 Å². The van der Waals surface area contributed by atoms with Gasteiger partial charge in [-0.3, -0.25) is 0 Å². The van der Waals surface area contributed by atoms with Crippen molar-refractivity contribution in [2.24, 2.45) is 0 Å². The number of methoxy groups -OCH3 is 1. The number of hydrogen-bond donors (Lipinski definition) is 1. The first-order valence-electron chi connectivity index (χ1n) is 7.95. The van der Waals surface area contributed by atoms with Crippen molar-refractivity contribution in [3.8, 4) is 23.0 Å². The summed E-state index contributed by atoms with van der Waals surface area (Å²) in [6.07, 6.45) is 2.94. The Bertz CT molecular complexity index is 610. The molecule has 2 aromatic carbocycles. The van der Waals surface area contributed by atoms with Crippen molar-refractivity contribution < 1.29 is 19.3 Å². The fourth-order valence-corrected chi connectivity index (χ4v) is 2.33. The predicted molar refractivity (Wildman–Crippen MR) is 90.7 cm³/mol. The number of ether oxygens (including phenoxy) is 3. The summed E-state index contributed by atoms with van der Waals surface area (Å²) in [6, 6.07) is 13.3. The van der Waals surface area contributed by atoms with E-state index in [4.69, 9.17) is 14.2 Å². The normalized spacial score (nSPS) is 10.3. The van der Waals surface area contributed by atoms with Gasteiger partial charge in [-0.2, -0.15) is 0 Å². The highest BCUT2D eigenvalue weighted by atomic mass is 16.5. The molecule has 0 aliphatic rings. The molecule has 0 saturated heterocycles. The fourth-order valence-electron chi connectivity index (χ4n) is 2.33. The molecule has 2 aromatic rings. The number of aryl methyl sites for hydroxylation is 1. The largest absolute Gasteiger partial charge is 0.504 e. The molecule has 2 rings (SSSR count). The predicted octanol–water partition coefficient (Wildman–Crippen LogP) is 4.20. The van der Waals surface area contributed by atoms with Gasteiger partial charge in [-0.1, -0.05) is 31.5 Å². The van der Waals surface area contributed by atoms with Crippen molar-refractivity contribution in [1.29, 1.82) is 0 Å². The first-order valence-corrected chi connectivity index (χ1v) is 7.95. The summed E-state index contributed by atoms with van der Waals surface area (Å²) < 4.78 is 16.5. The van der Waals surface area contributed by atoms with Crippen LogP contribution in [0.15, 0.2) is 42.5 Å². The van der Waals surface area contributed by atoms with Crippen LogP contribution >= 0.6 is 0 Å². The number of phenolic OH excluding ortho intramolecular Hbond substituents is 1. The zero-order chi connectivity index (χ0) is 16.5. The standard InChI is InChI=1S/C19H24O4/c1-3-7-15-8-4-9-16(14-15)22-12-6-13-23-18-11-5-10-17(20)19(18)21-2/h4-5,8-11,14,20H,3,6-7,12-13H2,1-2H3. The number of para-hydroxylation sites is 1. The van der Waals surface area contributed by atoms with Crippen LogP contribution in [0.4, 0.5) is 0 Å². The van der Waals surface area contributed by atoms with Gasteiger partial charge in [0.15, 0.2) is 11.5 Å². The lowest BCUT2D eigenvalue weighted by atomic mass is 10.1. The van der Waals surface area contributed by atoms with Crippen molar-refractivity contribution in [2.45, 2.75) is 26.2 Å². The van der Waals surface area contributed by atoms with E-state index in [9.17, 15) is 5.11 Å². The van der Waals surface area contributed by atoms with Crippen molar-refractivity contribution in [3.63, 3.8) is 0 Å². The molecule has 0 bridgehead atoms. The average molecular weight is 316 g/mol. The quantitative estimate of drug-likeness (QED) is 0.704. The van der Waals surface area contributed by atoms with Crippen LogP contribution in [0.3, 0.4) is 0 Å². The molecule has 0 amide bonds. The first kappa shape index (κ1) is 17.0. The molecule has 4 nitrogen and oxygen atoms in total. The Morgan fingerprint density at radius 2 is 1.78 bits per heavy atom. The highest BCUT2D eigenvalue weighted by molar-refractivity contribution is 5.50. The van der Waals surface area contributed by atoms with E-state index in [-0.39, 0.29) is 5.75 Å². The maximum Gasteiger partial charge on any atom is 0.203 e. The van der Waals surface area contributed by atoms with Gasteiger partial charge in [0.2, 0.25) is 5.75 Å². The van der Waals surface area contributed by atoms with E-state index in [2.05, 4.69) is 19.1 Å². The first-order chi connectivity index (χ1) is 11.2. The summed E-state index contributed by atoms with van der Waals surface area (Å²) in [4.78, 5) is 0. The minimum Gasteiger partial charge on any atom is -0.504 e. The summed E-state index contributed by atoms with van der Waals surface area (Å²) in [5.41, 5.74) is 1.30. The van der Waals surface area contributed by atoms with Crippen LogP contribution < -0.4 is 14.2 Å². The van der Waals surface area contributed by atoms with Gasteiger partial charge in [-0.15, -0.1) is 0 Å². The SMILES string of the molecule is CCCc1cccc(OCCCOc2cccc(O)c2OC)c1. The molecule has 124 valence electrons. The van der Waals surface area contributed by atoms with Gasteiger partial charge in [0.1, 0.15) is 5.75 Å². The van der Waals surface area contributed by atoms with E-state index < -0.39 is 0 Å². The minimum absolute atomic E-state index is 0.0778. The zero-order valence-corrected chi connectivity index (χ0v) is 13.7. The maximum absolute atomic E-state index is 9.68. The lowest BCUT2D eigenvalue weighted by molar-refractivity contribution is 0.238. The Morgan fingerprint density at radius 3 is 2.57 bits per heavy atom. The molecular weight excluding hydrogens is 292 g/mol. The van der Waals surface area contributed by atoms with E-state index in [1.54, 1.807) is 18.2 Å². The molecule has 0 aromatic heterocycles. The highest BCUT2D eigenvalue weighted by Gasteiger charge is 2.08. The van der Waals surface area contributed by atoms with Gasteiger partial charge in [0, 0.05) is 6.42 Å². The molecule has 0 fully saturated rings. The van der Waals surface area contributed by atoms with Crippen molar-refractivity contribution in [3.05, 3.63) is 48.0 Å². The molecule has 0 heterocycles. The number of benzene rings is 2. The summed E-state index contributed by atoms with van der Waals surface area (Å²) >= 11 is 0. The van der Waals surface area contributed by atoms with Gasteiger partial charge in [0.25, 0.3) is 0 Å². The number of aromatic hydroxyl groups is 1. The molecule has 0 aliphatic heterocycles. The second-order valence-corrected chi connectivity index (χ2v) is 5.26. The molecule has 0 atom stereocenters. The third-order valence-corrected chi connectivity index (χ3v) is 3.41. The lowest BCUT2D eigenvalue weighted by Crippen LogP contribution is -2.05. The average Bonchev–Trinajstić information content (AvgIpc) is 2.55. The Balaban J connectivity index is 1.76. The summed E-state index contributed by atoms with van der Waals surface area (Å²) in [6.45, 7) is 3.24. The van der Waals surface area contributed by atoms with Crippen LogP contribution in [0, 0.1) is 0 Å². The maximum atomic E-state index is 9.68. The van der Waals surface area contributed by atoms with Crippen LogP contribution in [0.5, 0.6) is 23.0 Å². The molecule has 0 aliphatic carbocycles. The number of phenols is 1. The number of rotatable bonds is 9. The third kappa shape index (κ3) is 5.09. The van der Waals surface area contributed by atoms with E-state index in [0.29, 0.717) is 24.7 Å². The molecule has 0 saturated carbocycles. The Hall–Kier alpha value is -2.36. The Kier molecular flexibility index (Phi) is 6.60. The van der Waals surface area contributed by atoms with E-state index in [0.717, 1.165) is 25.0 Å². The topological polar surface area (TPSA) is 47.9 Å². The van der Waals surface area contributed by atoms with Gasteiger partial charge >= 0.3 is 0 Å². The molecule has 1 N–H and O–H groups in total. The van der Waals surface area contributed by atoms with Crippen molar-refractivity contribution in [1.82, 2.24) is 0 Å². The summed E-state index contributed by atoms with van der Waals surface area (Å²) in [7, 11) is 1.51. The second-order valence-electron chi connectivity index (χ2n) is 5.26. The lowest BCUT2D eigenvalue weighted by Gasteiger charge is -2.12. The van der Waals surface area contributed by atoms with Gasteiger partial charge < -0.3 is 19.3 Å². The molecule has 0 spiro atoms. The van der Waals surface area contributed by atoms with Crippen LogP contribution in [0.2, 0.25) is 0 Å². The van der Waals surface area contributed by atoms with Crippen molar-refractivity contribution >= 4 is 0 Å². The van der Waals surface area contributed by atoms with Gasteiger partial charge in [-0.25, -0.2) is 0 Å². The van der Waals surface area contributed by atoms with Crippen LogP contribution in [0.1, 0.15) is 25.3 Å². The third-order valence-electron chi connectivity index (χ3n) is 3.41. The van der Waals surface area contributed by atoms with E-state index in [1.165, 1.54) is 12.7 Å². The Labute approximate surface area is 137 Å². The van der Waals surface area contributed by atoms with Gasteiger partial charge in [0.05, 0.1) is 20.3 Å². The minimum atomic E-state index is 0.0778. The van der Waals surface area contributed by atoms with Gasteiger partial charge in [-0.05, 0) is 36.2 Å². The Morgan fingerprint density at radius 1 is 1.00 bits per heavy atom. The smallest absolute Gasteiger partial charge is 0.203 e. The summed E-state index contributed by atoms with van der Waals surface area (Å²) in [5.74, 6) is 1.87. The molecular formula is C19H24O4. The zero-order valence-electron chi connectivity index (χ0n) is 13.7. The fraction of sp³-hybridized carbons (Fsp3) is 0.368. The second kappa shape index (κ2) is 8.93. The molecule has 4 heteroatoms. The molecule has 23 heavy (non-hydrogen) atoms. The molecule has 0 unspecified atom stereocenters.